The second kappa shape index (κ2) is 6.72. The third-order valence-electron chi connectivity index (χ3n) is 5.12. The number of ether oxygens (including phenoxy) is 3. The number of esters is 1. The second-order valence-corrected chi connectivity index (χ2v) is 6.62. The molecule has 2 atom stereocenters. The van der Waals surface area contributed by atoms with Gasteiger partial charge in [0.2, 0.25) is 0 Å². The first-order valence-electron chi connectivity index (χ1n) is 8.71. The average molecular weight is 349 g/mol. The number of nitrogens with zero attached hydrogens (tertiary/aromatic N) is 1. The zero-order valence-electron chi connectivity index (χ0n) is 14.5. The summed E-state index contributed by atoms with van der Waals surface area (Å²) in [6.45, 7) is 0.478. The van der Waals surface area contributed by atoms with Crippen LogP contribution in [0.2, 0.25) is 0 Å². The number of carbonyl (C=O) groups excluding carboxylic acids is 1. The molecule has 1 aliphatic heterocycles. The highest BCUT2D eigenvalue weighted by atomic mass is 16.5. The van der Waals surface area contributed by atoms with Gasteiger partial charge in [-0.25, -0.2) is 0 Å². The topological polar surface area (TPSA) is 68.6 Å². The van der Waals surface area contributed by atoms with E-state index in [0.717, 1.165) is 46.6 Å². The van der Waals surface area contributed by atoms with Gasteiger partial charge < -0.3 is 14.2 Å². The molecule has 0 radical (unpaired) electrons. The maximum absolute atomic E-state index is 11.5. The number of methoxy groups -OCH3 is 1. The molecule has 0 bridgehead atoms. The summed E-state index contributed by atoms with van der Waals surface area (Å²) in [6.07, 6.45) is 1.98. The van der Waals surface area contributed by atoms with Gasteiger partial charge in [0.25, 0.3) is 0 Å². The summed E-state index contributed by atoms with van der Waals surface area (Å²) in [5, 5.41) is 9.25. The van der Waals surface area contributed by atoms with E-state index >= 15 is 0 Å². The van der Waals surface area contributed by atoms with Crippen LogP contribution in [0.25, 0.3) is 0 Å². The molecule has 1 heterocycles. The van der Waals surface area contributed by atoms with Crippen LogP contribution in [0.5, 0.6) is 11.5 Å². The molecule has 1 aliphatic carbocycles. The van der Waals surface area contributed by atoms with Crippen molar-refractivity contribution in [2.24, 2.45) is 0 Å². The maximum Gasteiger partial charge on any atom is 0.306 e. The third-order valence-corrected chi connectivity index (χ3v) is 5.12. The van der Waals surface area contributed by atoms with Gasteiger partial charge in [0, 0.05) is 17.5 Å². The fourth-order valence-electron chi connectivity index (χ4n) is 3.79. The van der Waals surface area contributed by atoms with E-state index < -0.39 is 0 Å². The van der Waals surface area contributed by atoms with E-state index in [2.05, 4.69) is 6.07 Å². The monoisotopic (exact) mass is 349 g/mol. The van der Waals surface area contributed by atoms with Crippen molar-refractivity contribution in [3.8, 4) is 17.6 Å². The average Bonchev–Trinajstić information content (AvgIpc) is 3.26. The standard InChI is InChI=1S/C21H19NO4/c1-24-21(23)9-14-12-25-20-10-15(5-6-17(14)20)26-19-8-7-16-13(11-22)3-2-4-18(16)19/h2-6,10,14,19H,7-9,12H2,1H3. The van der Waals surface area contributed by atoms with Crippen molar-refractivity contribution in [3.63, 3.8) is 0 Å². The molecule has 2 aromatic carbocycles. The number of carbonyl (C=O) groups is 1. The first kappa shape index (κ1) is 16.5. The number of benzene rings is 2. The van der Waals surface area contributed by atoms with E-state index in [-0.39, 0.29) is 18.0 Å². The molecule has 4 rings (SSSR count). The first-order valence-corrected chi connectivity index (χ1v) is 8.71. The van der Waals surface area contributed by atoms with Crippen molar-refractivity contribution >= 4 is 5.97 Å². The fraction of sp³-hybridized carbons (Fsp3) is 0.333. The minimum atomic E-state index is -0.234. The number of rotatable bonds is 4. The normalized spacial score (nSPS) is 19.8. The van der Waals surface area contributed by atoms with Crippen LogP contribution < -0.4 is 9.47 Å². The maximum atomic E-state index is 11.5. The largest absolute Gasteiger partial charge is 0.492 e. The second-order valence-electron chi connectivity index (χ2n) is 6.62. The Morgan fingerprint density at radius 1 is 1.31 bits per heavy atom. The highest BCUT2D eigenvalue weighted by Gasteiger charge is 2.29. The highest BCUT2D eigenvalue weighted by molar-refractivity contribution is 5.71. The van der Waals surface area contributed by atoms with Gasteiger partial charge in [-0.05, 0) is 36.1 Å². The van der Waals surface area contributed by atoms with Crippen LogP contribution in [-0.2, 0) is 16.0 Å². The molecule has 0 saturated carbocycles. The molecule has 2 unspecified atom stereocenters. The summed E-state index contributed by atoms with van der Waals surface area (Å²) in [4.78, 5) is 11.5. The fourth-order valence-corrected chi connectivity index (χ4v) is 3.79. The van der Waals surface area contributed by atoms with E-state index in [1.165, 1.54) is 7.11 Å². The van der Waals surface area contributed by atoms with E-state index in [1.807, 2.05) is 36.4 Å². The zero-order valence-corrected chi connectivity index (χ0v) is 14.5. The molecular formula is C21H19NO4. The summed E-state index contributed by atoms with van der Waals surface area (Å²) in [6, 6.07) is 13.8. The third kappa shape index (κ3) is 2.88. The predicted octanol–water partition coefficient (Wildman–Crippen LogP) is 3.66. The van der Waals surface area contributed by atoms with Crippen molar-refractivity contribution in [3.05, 3.63) is 58.7 Å². The Bertz CT molecular complexity index is 899. The van der Waals surface area contributed by atoms with Gasteiger partial charge in [-0.2, -0.15) is 5.26 Å². The van der Waals surface area contributed by atoms with Gasteiger partial charge in [-0.1, -0.05) is 18.2 Å². The summed E-state index contributed by atoms with van der Waals surface area (Å²) in [7, 11) is 1.40. The Hall–Kier alpha value is -3.00. The zero-order chi connectivity index (χ0) is 18.1. The molecule has 0 fully saturated rings. The van der Waals surface area contributed by atoms with E-state index in [9.17, 15) is 10.1 Å². The smallest absolute Gasteiger partial charge is 0.306 e. The summed E-state index contributed by atoms with van der Waals surface area (Å²) in [5.41, 5.74) is 3.93. The molecule has 0 saturated heterocycles. The lowest BCUT2D eigenvalue weighted by Gasteiger charge is -2.16. The van der Waals surface area contributed by atoms with Crippen LogP contribution in [0, 0.1) is 11.3 Å². The Labute approximate surface area is 152 Å². The molecule has 2 aromatic rings. The molecule has 0 aromatic heterocycles. The molecule has 26 heavy (non-hydrogen) atoms. The van der Waals surface area contributed by atoms with Crippen molar-refractivity contribution in [2.45, 2.75) is 31.3 Å². The minimum Gasteiger partial charge on any atom is -0.492 e. The van der Waals surface area contributed by atoms with Gasteiger partial charge in [0.15, 0.2) is 0 Å². The van der Waals surface area contributed by atoms with Crippen molar-refractivity contribution in [1.82, 2.24) is 0 Å². The predicted molar refractivity (Wildman–Crippen MR) is 94.2 cm³/mol. The quantitative estimate of drug-likeness (QED) is 0.788. The molecule has 2 aliphatic rings. The lowest BCUT2D eigenvalue weighted by Crippen LogP contribution is -2.09. The first-order chi connectivity index (χ1) is 12.7. The van der Waals surface area contributed by atoms with Crippen LogP contribution in [0.3, 0.4) is 0 Å². The Morgan fingerprint density at radius 3 is 3.00 bits per heavy atom. The van der Waals surface area contributed by atoms with Gasteiger partial charge >= 0.3 is 5.97 Å². The van der Waals surface area contributed by atoms with Crippen LogP contribution in [-0.4, -0.2) is 19.7 Å². The van der Waals surface area contributed by atoms with E-state index in [0.29, 0.717) is 13.0 Å². The van der Waals surface area contributed by atoms with Crippen LogP contribution in [0.1, 0.15) is 47.1 Å². The number of hydrogen-bond donors (Lipinski definition) is 0. The van der Waals surface area contributed by atoms with Gasteiger partial charge in [0.1, 0.15) is 17.6 Å². The van der Waals surface area contributed by atoms with Crippen molar-refractivity contribution in [2.75, 3.05) is 13.7 Å². The van der Waals surface area contributed by atoms with Crippen LogP contribution in [0.15, 0.2) is 36.4 Å². The number of hydrogen-bond acceptors (Lipinski definition) is 5. The number of nitriles is 1. The lowest BCUT2D eigenvalue weighted by atomic mass is 9.98. The summed E-state index contributed by atoms with van der Waals surface area (Å²) < 4.78 is 16.7. The van der Waals surface area contributed by atoms with Crippen LogP contribution in [0.4, 0.5) is 0 Å². The molecule has 0 amide bonds. The molecular weight excluding hydrogens is 330 g/mol. The molecule has 5 nitrogen and oxygen atoms in total. The Morgan fingerprint density at radius 2 is 2.19 bits per heavy atom. The van der Waals surface area contributed by atoms with Gasteiger partial charge in [-0.15, -0.1) is 0 Å². The molecule has 5 heteroatoms. The van der Waals surface area contributed by atoms with Gasteiger partial charge in [-0.3, -0.25) is 4.79 Å². The highest BCUT2D eigenvalue weighted by Crippen LogP contribution is 2.41. The Balaban J connectivity index is 1.52. The van der Waals surface area contributed by atoms with E-state index in [4.69, 9.17) is 14.2 Å². The van der Waals surface area contributed by atoms with Crippen molar-refractivity contribution < 1.29 is 19.0 Å². The number of fused-ring (bicyclic) bond motifs is 2. The molecule has 0 spiro atoms. The minimum absolute atomic E-state index is 0.0249. The van der Waals surface area contributed by atoms with E-state index in [1.54, 1.807) is 0 Å². The lowest BCUT2D eigenvalue weighted by molar-refractivity contribution is -0.141. The summed E-state index contributed by atoms with van der Waals surface area (Å²) >= 11 is 0. The Kier molecular flexibility index (Phi) is 4.26. The SMILES string of the molecule is COC(=O)CC1COc2cc(OC3CCc4c(C#N)cccc43)ccc21. The van der Waals surface area contributed by atoms with Gasteiger partial charge in [0.05, 0.1) is 31.8 Å². The molecule has 132 valence electrons. The summed E-state index contributed by atoms with van der Waals surface area (Å²) in [5.74, 6) is 1.29. The molecule has 0 N–H and O–H groups in total. The van der Waals surface area contributed by atoms with Crippen molar-refractivity contribution in [1.29, 1.82) is 5.26 Å². The van der Waals surface area contributed by atoms with Crippen LogP contribution >= 0.6 is 0 Å².